The van der Waals surface area contributed by atoms with E-state index in [4.69, 9.17) is 4.74 Å². The number of amides is 1. The number of rotatable bonds is 7. The molecule has 5 nitrogen and oxygen atoms in total. The van der Waals surface area contributed by atoms with Crippen LogP contribution in [0.3, 0.4) is 0 Å². The van der Waals surface area contributed by atoms with Crippen molar-refractivity contribution in [1.29, 1.82) is 0 Å². The van der Waals surface area contributed by atoms with E-state index < -0.39 is 0 Å². The van der Waals surface area contributed by atoms with Crippen molar-refractivity contribution in [3.05, 3.63) is 84.1 Å². The second kappa shape index (κ2) is 9.28. The summed E-state index contributed by atoms with van der Waals surface area (Å²) in [5, 5.41) is 4.17. The maximum Gasteiger partial charge on any atom is 0.253 e. The summed E-state index contributed by atoms with van der Waals surface area (Å²) in [6.07, 6.45) is 3.78. The number of aryl methyl sites for hydroxylation is 1. The number of aromatic nitrogens is 1. The number of carbonyl (C=O) groups is 1. The van der Waals surface area contributed by atoms with Crippen LogP contribution in [-0.2, 0) is 11.3 Å². The van der Waals surface area contributed by atoms with Crippen molar-refractivity contribution >= 4 is 16.8 Å². The standard InChI is InChI=1S/C25H29N3O2/c1-3-11-28-18-22(21-9-4-5-10-23(21)28)25(29)26-17-24(27-12-14-30-15-13-27)20-8-6-7-19(2)16-20/h3-10,16,18,24H,1,11-15,17H2,2H3,(H,26,29). The highest BCUT2D eigenvalue weighted by molar-refractivity contribution is 6.07. The minimum absolute atomic E-state index is 0.0417. The van der Waals surface area contributed by atoms with Crippen molar-refractivity contribution < 1.29 is 9.53 Å². The number of fused-ring (bicyclic) bond motifs is 1. The fraction of sp³-hybridized carbons (Fsp3) is 0.320. The van der Waals surface area contributed by atoms with Gasteiger partial charge in [0.15, 0.2) is 0 Å². The van der Waals surface area contributed by atoms with Crippen LogP contribution in [0.2, 0.25) is 0 Å². The van der Waals surface area contributed by atoms with Crippen molar-refractivity contribution in [3.63, 3.8) is 0 Å². The topological polar surface area (TPSA) is 46.5 Å². The van der Waals surface area contributed by atoms with Gasteiger partial charge >= 0.3 is 0 Å². The molecule has 0 aliphatic carbocycles. The molecule has 0 radical (unpaired) electrons. The summed E-state index contributed by atoms with van der Waals surface area (Å²) >= 11 is 0. The van der Waals surface area contributed by atoms with Crippen LogP contribution in [0, 0.1) is 6.92 Å². The van der Waals surface area contributed by atoms with Gasteiger partial charge in [-0.3, -0.25) is 9.69 Å². The van der Waals surface area contributed by atoms with Crippen LogP contribution in [0.15, 0.2) is 67.4 Å². The van der Waals surface area contributed by atoms with Gasteiger partial charge in [0.05, 0.1) is 24.8 Å². The van der Waals surface area contributed by atoms with E-state index in [1.807, 2.05) is 36.5 Å². The summed E-state index contributed by atoms with van der Waals surface area (Å²) in [7, 11) is 0. The normalized spacial score (nSPS) is 15.8. The summed E-state index contributed by atoms with van der Waals surface area (Å²) in [6.45, 7) is 10.4. The molecule has 1 fully saturated rings. The van der Waals surface area contributed by atoms with Gasteiger partial charge in [0.25, 0.3) is 5.91 Å². The van der Waals surface area contributed by atoms with E-state index in [0.29, 0.717) is 18.7 Å². The molecule has 30 heavy (non-hydrogen) atoms. The molecule has 3 aromatic rings. The summed E-state index contributed by atoms with van der Waals surface area (Å²) in [4.78, 5) is 15.6. The van der Waals surface area contributed by atoms with E-state index in [9.17, 15) is 4.79 Å². The molecule has 4 rings (SSSR count). The van der Waals surface area contributed by atoms with E-state index in [0.717, 1.165) is 37.2 Å². The number of allylic oxidation sites excluding steroid dienone is 1. The zero-order valence-electron chi connectivity index (χ0n) is 17.5. The fourth-order valence-corrected chi connectivity index (χ4v) is 4.23. The lowest BCUT2D eigenvalue weighted by atomic mass is 10.0. The molecule has 1 aliphatic heterocycles. The quantitative estimate of drug-likeness (QED) is 0.608. The zero-order chi connectivity index (χ0) is 20.9. The molecule has 1 amide bonds. The zero-order valence-corrected chi connectivity index (χ0v) is 17.5. The number of para-hydroxylation sites is 1. The average Bonchev–Trinajstić information content (AvgIpc) is 3.14. The second-order valence-corrected chi connectivity index (χ2v) is 7.79. The van der Waals surface area contributed by atoms with Crippen LogP contribution in [0.1, 0.15) is 27.5 Å². The number of morpholine rings is 1. The summed E-state index contributed by atoms with van der Waals surface area (Å²) in [5.41, 5.74) is 4.21. The minimum Gasteiger partial charge on any atom is -0.379 e. The molecule has 1 N–H and O–H groups in total. The first-order valence-corrected chi connectivity index (χ1v) is 10.5. The Bertz CT molecular complexity index is 1030. The van der Waals surface area contributed by atoms with Crippen molar-refractivity contribution in [3.8, 4) is 0 Å². The maximum absolute atomic E-state index is 13.2. The Morgan fingerprint density at radius 2 is 2.00 bits per heavy atom. The van der Waals surface area contributed by atoms with Gasteiger partial charge in [0, 0.05) is 43.3 Å². The number of hydrogen-bond acceptors (Lipinski definition) is 3. The molecule has 1 aromatic heterocycles. The highest BCUT2D eigenvalue weighted by atomic mass is 16.5. The molecular weight excluding hydrogens is 374 g/mol. The minimum atomic E-state index is -0.0417. The van der Waals surface area contributed by atoms with Crippen LogP contribution in [0.25, 0.3) is 10.9 Å². The Balaban J connectivity index is 1.57. The third kappa shape index (κ3) is 4.32. The van der Waals surface area contributed by atoms with E-state index in [1.54, 1.807) is 0 Å². The van der Waals surface area contributed by atoms with Crippen LogP contribution in [0.4, 0.5) is 0 Å². The molecule has 1 atom stereocenters. The van der Waals surface area contributed by atoms with Crippen LogP contribution < -0.4 is 5.32 Å². The molecule has 5 heteroatoms. The Labute approximate surface area is 177 Å². The smallest absolute Gasteiger partial charge is 0.253 e. The van der Waals surface area contributed by atoms with Gasteiger partial charge in [-0.25, -0.2) is 0 Å². The third-order valence-electron chi connectivity index (χ3n) is 5.73. The monoisotopic (exact) mass is 403 g/mol. The first-order valence-electron chi connectivity index (χ1n) is 10.5. The van der Waals surface area contributed by atoms with E-state index >= 15 is 0 Å². The van der Waals surface area contributed by atoms with Gasteiger partial charge in [-0.15, -0.1) is 6.58 Å². The van der Waals surface area contributed by atoms with Gasteiger partial charge in [0.2, 0.25) is 0 Å². The molecule has 1 unspecified atom stereocenters. The lowest BCUT2D eigenvalue weighted by Gasteiger charge is -2.35. The van der Waals surface area contributed by atoms with Gasteiger partial charge in [-0.2, -0.15) is 0 Å². The molecule has 2 heterocycles. The van der Waals surface area contributed by atoms with Crippen LogP contribution in [0.5, 0.6) is 0 Å². The van der Waals surface area contributed by atoms with Crippen molar-refractivity contribution in [2.24, 2.45) is 0 Å². The Kier molecular flexibility index (Phi) is 6.31. The highest BCUT2D eigenvalue weighted by Gasteiger charge is 2.24. The Hall–Kier alpha value is -2.89. The molecular formula is C25H29N3O2. The first kappa shape index (κ1) is 20.4. The van der Waals surface area contributed by atoms with Crippen LogP contribution in [-0.4, -0.2) is 48.2 Å². The Morgan fingerprint density at radius 1 is 1.20 bits per heavy atom. The van der Waals surface area contributed by atoms with E-state index in [-0.39, 0.29) is 11.9 Å². The van der Waals surface area contributed by atoms with Crippen molar-refractivity contribution in [2.45, 2.75) is 19.5 Å². The molecule has 0 spiro atoms. The number of benzene rings is 2. The number of hydrogen-bond donors (Lipinski definition) is 1. The molecule has 2 aromatic carbocycles. The summed E-state index contributed by atoms with van der Waals surface area (Å²) in [5.74, 6) is -0.0417. The number of nitrogens with one attached hydrogen (secondary N) is 1. The van der Waals surface area contributed by atoms with Gasteiger partial charge < -0.3 is 14.6 Å². The molecule has 0 saturated carbocycles. The highest BCUT2D eigenvalue weighted by Crippen LogP contribution is 2.24. The first-order chi connectivity index (χ1) is 14.7. The Morgan fingerprint density at radius 3 is 2.77 bits per heavy atom. The van der Waals surface area contributed by atoms with Crippen molar-refractivity contribution in [2.75, 3.05) is 32.8 Å². The SMILES string of the molecule is C=CCn1cc(C(=O)NCC(c2cccc(C)c2)N2CCOCC2)c2ccccc21. The van der Waals surface area contributed by atoms with Gasteiger partial charge in [-0.1, -0.05) is 54.1 Å². The van der Waals surface area contributed by atoms with Gasteiger partial charge in [0.1, 0.15) is 0 Å². The summed E-state index contributed by atoms with van der Waals surface area (Å²) < 4.78 is 7.61. The number of carbonyl (C=O) groups excluding carboxylic acids is 1. The van der Waals surface area contributed by atoms with E-state index in [1.165, 1.54) is 11.1 Å². The lowest BCUT2D eigenvalue weighted by molar-refractivity contribution is 0.0162. The molecule has 1 aliphatic rings. The fourth-order valence-electron chi connectivity index (χ4n) is 4.23. The van der Waals surface area contributed by atoms with Crippen molar-refractivity contribution in [1.82, 2.24) is 14.8 Å². The largest absolute Gasteiger partial charge is 0.379 e. The number of nitrogens with zero attached hydrogens (tertiary/aromatic N) is 2. The predicted molar refractivity (Wildman–Crippen MR) is 121 cm³/mol. The second-order valence-electron chi connectivity index (χ2n) is 7.79. The predicted octanol–water partition coefficient (Wildman–Crippen LogP) is 3.94. The van der Waals surface area contributed by atoms with E-state index in [2.05, 4.69) is 52.6 Å². The molecule has 1 saturated heterocycles. The van der Waals surface area contributed by atoms with Gasteiger partial charge in [-0.05, 0) is 18.6 Å². The lowest BCUT2D eigenvalue weighted by Crippen LogP contribution is -2.43. The van der Waals surface area contributed by atoms with Crippen LogP contribution >= 0.6 is 0 Å². The molecule has 0 bridgehead atoms. The summed E-state index contributed by atoms with van der Waals surface area (Å²) in [6, 6.07) is 16.7. The third-order valence-corrected chi connectivity index (χ3v) is 5.73. The molecule has 156 valence electrons. The number of ether oxygens (including phenoxy) is 1. The maximum atomic E-state index is 13.2. The average molecular weight is 404 g/mol.